The van der Waals surface area contributed by atoms with E-state index in [0.29, 0.717) is 44.8 Å². The zero-order chi connectivity index (χ0) is 17.1. The number of morpholine rings is 1. The summed E-state index contributed by atoms with van der Waals surface area (Å²) in [5.41, 5.74) is 0. The van der Waals surface area contributed by atoms with Crippen molar-refractivity contribution in [3.05, 3.63) is 0 Å². The van der Waals surface area contributed by atoms with E-state index < -0.39 is 10.0 Å². The van der Waals surface area contributed by atoms with Gasteiger partial charge in [0.2, 0.25) is 10.0 Å². The molecule has 1 atom stereocenters. The maximum atomic E-state index is 12.2. The van der Waals surface area contributed by atoms with Crippen LogP contribution in [0.5, 0.6) is 0 Å². The van der Waals surface area contributed by atoms with Gasteiger partial charge in [-0.1, -0.05) is 26.2 Å². The van der Waals surface area contributed by atoms with Crippen molar-refractivity contribution in [1.29, 1.82) is 0 Å². The lowest BCUT2D eigenvalue weighted by Crippen LogP contribution is -2.46. The summed E-state index contributed by atoms with van der Waals surface area (Å²) in [7, 11) is -1.53. The van der Waals surface area contributed by atoms with Crippen LogP contribution in [-0.4, -0.2) is 70.4 Å². The Morgan fingerprint density at radius 3 is 2.61 bits per heavy atom. The van der Waals surface area contributed by atoms with E-state index in [1.165, 1.54) is 23.6 Å². The Bertz CT molecular complexity index is 448. The molecule has 0 aromatic heterocycles. The Balaban J connectivity index is 2.31. The second-order valence-electron chi connectivity index (χ2n) is 5.87. The summed E-state index contributed by atoms with van der Waals surface area (Å²) >= 11 is 0. The first-order valence-corrected chi connectivity index (χ1v) is 10.1. The van der Waals surface area contributed by atoms with Crippen LogP contribution in [0.1, 0.15) is 39.5 Å². The Hall–Kier alpha value is -0.860. The van der Waals surface area contributed by atoms with Crippen LogP contribution in [0.25, 0.3) is 0 Å². The van der Waals surface area contributed by atoms with Crippen molar-refractivity contribution < 1.29 is 13.2 Å². The summed E-state index contributed by atoms with van der Waals surface area (Å²) in [4.78, 5) is 4.15. The molecule has 1 fully saturated rings. The fourth-order valence-corrected chi connectivity index (χ4v) is 3.78. The summed E-state index contributed by atoms with van der Waals surface area (Å²) in [5.74, 6) is 0.726. The second kappa shape index (κ2) is 10.8. The number of nitrogens with zero attached hydrogens (tertiary/aromatic N) is 2. The lowest BCUT2D eigenvalue weighted by Gasteiger charge is -2.26. The van der Waals surface area contributed by atoms with E-state index in [-0.39, 0.29) is 5.75 Å². The summed E-state index contributed by atoms with van der Waals surface area (Å²) in [5, 5.41) is 6.39. The van der Waals surface area contributed by atoms with Crippen molar-refractivity contribution in [3.8, 4) is 0 Å². The number of aliphatic imine (C=N–C) groups is 1. The lowest BCUT2D eigenvalue weighted by atomic mass is 10.1. The van der Waals surface area contributed by atoms with Gasteiger partial charge in [-0.05, 0) is 13.3 Å². The van der Waals surface area contributed by atoms with Gasteiger partial charge in [-0.3, -0.25) is 4.99 Å². The van der Waals surface area contributed by atoms with Gasteiger partial charge in [-0.15, -0.1) is 0 Å². The number of nitrogens with one attached hydrogen (secondary N) is 2. The molecule has 0 aromatic carbocycles. The van der Waals surface area contributed by atoms with Crippen LogP contribution in [0.4, 0.5) is 0 Å². The molecule has 1 heterocycles. The topological polar surface area (TPSA) is 83.0 Å². The monoisotopic (exact) mass is 348 g/mol. The number of ether oxygens (including phenoxy) is 1. The zero-order valence-corrected chi connectivity index (χ0v) is 15.5. The number of rotatable bonds is 9. The summed E-state index contributed by atoms with van der Waals surface area (Å²) in [6, 6.07) is 0.323. The number of hydrogen-bond donors (Lipinski definition) is 2. The molecule has 0 amide bonds. The van der Waals surface area contributed by atoms with Gasteiger partial charge in [0.25, 0.3) is 0 Å². The fraction of sp³-hybridized carbons (Fsp3) is 0.933. The second-order valence-corrected chi connectivity index (χ2v) is 7.96. The van der Waals surface area contributed by atoms with Crippen LogP contribution in [-0.2, 0) is 14.8 Å². The van der Waals surface area contributed by atoms with Crippen LogP contribution in [0.15, 0.2) is 4.99 Å². The van der Waals surface area contributed by atoms with Gasteiger partial charge in [-0.25, -0.2) is 8.42 Å². The quantitative estimate of drug-likeness (QED) is 0.366. The minimum Gasteiger partial charge on any atom is -0.379 e. The van der Waals surface area contributed by atoms with E-state index >= 15 is 0 Å². The Kier molecular flexibility index (Phi) is 9.50. The molecule has 2 N–H and O–H groups in total. The molecule has 1 saturated heterocycles. The highest BCUT2D eigenvalue weighted by Gasteiger charge is 2.23. The first-order valence-electron chi connectivity index (χ1n) is 8.52. The van der Waals surface area contributed by atoms with Gasteiger partial charge in [0.05, 0.1) is 19.0 Å². The molecule has 1 unspecified atom stereocenters. The van der Waals surface area contributed by atoms with Crippen molar-refractivity contribution in [2.75, 3.05) is 45.6 Å². The van der Waals surface area contributed by atoms with Crippen molar-refractivity contribution in [2.24, 2.45) is 4.99 Å². The van der Waals surface area contributed by atoms with E-state index in [1.807, 2.05) is 0 Å². The highest BCUT2D eigenvalue weighted by Crippen LogP contribution is 2.05. The van der Waals surface area contributed by atoms with E-state index in [0.717, 1.165) is 6.42 Å². The molecule has 0 radical (unpaired) electrons. The van der Waals surface area contributed by atoms with Gasteiger partial charge >= 0.3 is 0 Å². The zero-order valence-electron chi connectivity index (χ0n) is 14.7. The smallest absolute Gasteiger partial charge is 0.215 e. The van der Waals surface area contributed by atoms with E-state index in [9.17, 15) is 8.42 Å². The molecule has 0 aliphatic carbocycles. The van der Waals surface area contributed by atoms with Gasteiger partial charge in [0.1, 0.15) is 0 Å². The minimum absolute atomic E-state index is 0.0674. The Morgan fingerprint density at radius 1 is 1.30 bits per heavy atom. The van der Waals surface area contributed by atoms with Crippen molar-refractivity contribution in [1.82, 2.24) is 14.9 Å². The van der Waals surface area contributed by atoms with Crippen molar-refractivity contribution in [2.45, 2.75) is 45.6 Å². The average molecular weight is 349 g/mol. The Labute approximate surface area is 140 Å². The van der Waals surface area contributed by atoms with E-state index in [4.69, 9.17) is 4.74 Å². The predicted molar refractivity (Wildman–Crippen MR) is 94.3 cm³/mol. The highest BCUT2D eigenvalue weighted by molar-refractivity contribution is 7.89. The molecular formula is C15H32N4O3S. The molecule has 0 saturated carbocycles. The van der Waals surface area contributed by atoms with Crippen LogP contribution < -0.4 is 10.6 Å². The molecule has 0 bridgehead atoms. The van der Waals surface area contributed by atoms with Crippen molar-refractivity contribution >= 4 is 16.0 Å². The number of unbranched alkanes of at least 4 members (excludes halogenated alkanes) is 2. The summed E-state index contributed by atoms with van der Waals surface area (Å²) in [6.07, 6.45) is 4.71. The molecule has 1 rings (SSSR count). The number of hydrogen-bond acceptors (Lipinski definition) is 4. The molecule has 23 heavy (non-hydrogen) atoms. The number of guanidine groups is 1. The molecule has 1 aliphatic rings. The molecular weight excluding hydrogens is 316 g/mol. The Morgan fingerprint density at radius 2 is 2.00 bits per heavy atom. The maximum Gasteiger partial charge on any atom is 0.215 e. The molecule has 0 aromatic rings. The highest BCUT2D eigenvalue weighted by atomic mass is 32.2. The van der Waals surface area contributed by atoms with Gasteiger partial charge < -0.3 is 15.4 Å². The van der Waals surface area contributed by atoms with Gasteiger partial charge in [0.15, 0.2) is 5.96 Å². The molecule has 1 aliphatic heterocycles. The van der Waals surface area contributed by atoms with Crippen LogP contribution in [0.3, 0.4) is 0 Å². The minimum atomic E-state index is -3.23. The third-order valence-corrected chi connectivity index (χ3v) is 5.74. The molecule has 7 nitrogen and oxygen atoms in total. The van der Waals surface area contributed by atoms with E-state index in [1.54, 1.807) is 7.05 Å². The predicted octanol–water partition coefficient (Wildman–Crippen LogP) is 0.782. The van der Waals surface area contributed by atoms with Gasteiger partial charge in [-0.2, -0.15) is 4.31 Å². The van der Waals surface area contributed by atoms with Crippen LogP contribution >= 0.6 is 0 Å². The van der Waals surface area contributed by atoms with Crippen LogP contribution in [0.2, 0.25) is 0 Å². The molecule has 0 spiro atoms. The third-order valence-electron chi connectivity index (χ3n) is 3.86. The van der Waals surface area contributed by atoms with Crippen molar-refractivity contribution in [3.63, 3.8) is 0 Å². The molecule has 136 valence electrons. The maximum absolute atomic E-state index is 12.2. The lowest BCUT2D eigenvalue weighted by molar-refractivity contribution is 0.0730. The normalized spacial score (nSPS) is 18.7. The fourth-order valence-electron chi connectivity index (χ4n) is 2.45. The number of sulfonamides is 1. The van der Waals surface area contributed by atoms with Gasteiger partial charge in [0, 0.05) is 32.7 Å². The largest absolute Gasteiger partial charge is 0.379 e. The van der Waals surface area contributed by atoms with E-state index in [2.05, 4.69) is 29.5 Å². The summed E-state index contributed by atoms with van der Waals surface area (Å²) in [6.45, 7) is 6.51. The summed E-state index contributed by atoms with van der Waals surface area (Å²) < 4.78 is 31.1. The third kappa shape index (κ3) is 7.99. The SMILES string of the molecule is CCCCCC(C)NC(=NC)NCCS(=O)(=O)N1CCOCC1. The molecule has 8 heteroatoms. The van der Waals surface area contributed by atoms with Crippen LogP contribution in [0, 0.1) is 0 Å². The first kappa shape index (κ1) is 20.2. The first-order chi connectivity index (χ1) is 11.0. The average Bonchev–Trinajstić information content (AvgIpc) is 2.55. The standard InChI is InChI=1S/C15H32N4O3S/c1-4-5-6-7-14(2)18-15(16-3)17-8-13-23(20,21)19-9-11-22-12-10-19/h14H,4-13H2,1-3H3,(H2,16,17,18).